The number of carbonyl (C=O) groups excluding carboxylic acids is 1. The van der Waals surface area contributed by atoms with Crippen LogP contribution in [-0.4, -0.2) is 140 Å². The highest BCUT2D eigenvalue weighted by molar-refractivity contribution is 5.76. The third-order valence-corrected chi connectivity index (χ3v) is 13.5. The fraction of sp³-hybridized carbons (Fsp3) is 0.694. The molecule has 14 nitrogen and oxygen atoms in total. The molecule has 2 rings (SSSR count). The molecule has 76 heavy (non-hydrogen) atoms. The summed E-state index contributed by atoms with van der Waals surface area (Å²) in [5.74, 6) is -0.257. The monoisotopic (exact) mass is 1070 g/mol. The first-order chi connectivity index (χ1) is 37.1. The van der Waals surface area contributed by atoms with Crippen LogP contribution in [-0.2, 0) is 23.7 Å². The molecule has 0 radical (unpaired) electrons. The summed E-state index contributed by atoms with van der Waals surface area (Å²) in [5, 5.41) is 86.7. The lowest BCUT2D eigenvalue weighted by molar-refractivity contribution is -0.359. The molecule has 0 aromatic rings. The van der Waals surface area contributed by atoms with Crippen molar-refractivity contribution in [2.24, 2.45) is 0 Å². The van der Waals surface area contributed by atoms with E-state index in [1.165, 1.54) is 44.9 Å². The molecule has 0 aliphatic carbocycles. The van der Waals surface area contributed by atoms with Gasteiger partial charge in [0, 0.05) is 6.42 Å². The zero-order valence-corrected chi connectivity index (χ0v) is 46.4. The standard InChI is InChI=1S/C62H103NO13/c1-3-5-7-9-11-13-14-15-16-17-18-19-20-21-22-23-24-25-26-27-28-29-30-31-32-33-34-35-36-38-40-42-44-46-54(67)63-50(51(66)45-43-41-39-37-12-10-8-6-4-2)49-73-61-59(72)57(70)60(53(48-65)75-61)76-62-58(71)56(69)55(68)52(47-64)74-62/h5,7,11,13,15-16,18-19,21-22,24-25,27-28,30-31,43,45,50-53,55-62,64-66,68-72H,3-4,6,8-10,12,14,17,20,23,26,29,32-42,44,46-49H2,1-2H3,(H,63,67)/b7-5-,13-11-,16-15-,19-18-,22-21-,25-24-,28-27-,31-30-,45-43+. The van der Waals surface area contributed by atoms with Crippen LogP contribution in [0.3, 0.4) is 0 Å². The van der Waals surface area contributed by atoms with E-state index in [1.54, 1.807) is 6.08 Å². The Morgan fingerprint density at radius 3 is 1.39 bits per heavy atom. The average molecular weight is 1070 g/mol. The minimum Gasteiger partial charge on any atom is -0.394 e. The molecule has 2 aliphatic heterocycles. The number of rotatable bonds is 44. The van der Waals surface area contributed by atoms with Gasteiger partial charge in [-0.2, -0.15) is 0 Å². The first-order valence-corrected chi connectivity index (χ1v) is 29.1. The van der Waals surface area contributed by atoms with Gasteiger partial charge in [0.2, 0.25) is 5.91 Å². The molecule has 2 fully saturated rings. The van der Waals surface area contributed by atoms with E-state index in [-0.39, 0.29) is 18.9 Å². The molecule has 0 spiro atoms. The van der Waals surface area contributed by atoms with Crippen molar-refractivity contribution in [3.63, 3.8) is 0 Å². The Morgan fingerprint density at radius 2 is 0.908 bits per heavy atom. The summed E-state index contributed by atoms with van der Waals surface area (Å²) in [4.78, 5) is 13.2. The van der Waals surface area contributed by atoms with Gasteiger partial charge in [0.05, 0.1) is 32.0 Å². The number of hydrogen-bond donors (Lipinski definition) is 9. The van der Waals surface area contributed by atoms with Crippen molar-refractivity contribution in [1.29, 1.82) is 0 Å². The van der Waals surface area contributed by atoms with Crippen LogP contribution in [0.2, 0.25) is 0 Å². The van der Waals surface area contributed by atoms with Crippen molar-refractivity contribution in [3.05, 3.63) is 109 Å². The molecule has 0 saturated carbocycles. The number of allylic oxidation sites excluding steroid dienone is 17. The minimum atomic E-state index is -1.79. The molecular formula is C62H103NO13. The van der Waals surface area contributed by atoms with Gasteiger partial charge in [-0.3, -0.25) is 4.79 Å². The van der Waals surface area contributed by atoms with Crippen LogP contribution >= 0.6 is 0 Å². The SMILES string of the molecule is CC/C=C\C/C=C\C/C=C\C/C=C\C/C=C\C/C=C\C/C=C\C/C=C\CCCCCCCCCCC(=O)NC(COC1OC(CO)C(OC2OC(CO)C(O)C(O)C2O)C(O)C1O)C(O)/C=C/CCCCCCCCC. The molecule has 2 saturated heterocycles. The molecule has 0 bridgehead atoms. The molecule has 14 heteroatoms. The molecule has 2 heterocycles. The van der Waals surface area contributed by atoms with Crippen LogP contribution < -0.4 is 5.32 Å². The lowest BCUT2D eigenvalue weighted by Gasteiger charge is -2.46. The van der Waals surface area contributed by atoms with Gasteiger partial charge >= 0.3 is 0 Å². The Morgan fingerprint density at radius 1 is 0.487 bits per heavy atom. The van der Waals surface area contributed by atoms with Gasteiger partial charge in [0.15, 0.2) is 12.6 Å². The zero-order chi connectivity index (χ0) is 55.3. The summed E-state index contributed by atoms with van der Waals surface area (Å²) < 4.78 is 22.7. The van der Waals surface area contributed by atoms with E-state index in [1.807, 2.05) is 6.08 Å². The molecule has 434 valence electrons. The highest BCUT2D eigenvalue weighted by Crippen LogP contribution is 2.30. The summed E-state index contributed by atoms with van der Waals surface area (Å²) >= 11 is 0. The summed E-state index contributed by atoms with van der Waals surface area (Å²) in [6.45, 7) is 2.61. The van der Waals surface area contributed by atoms with Crippen molar-refractivity contribution in [2.75, 3.05) is 19.8 Å². The second kappa shape index (κ2) is 46.6. The lowest BCUT2D eigenvalue weighted by Crippen LogP contribution is -2.65. The second-order valence-corrected chi connectivity index (χ2v) is 20.0. The Balaban J connectivity index is 1.66. The van der Waals surface area contributed by atoms with Gasteiger partial charge in [-0.1, -0.05) is 200 Å². The van der Waals surface area contributed by atoms with E-state index in [0.717, 1.165) is 109 Å². The highest BCUT2D eigenvalue weighted by atomic mass is 16.7. The highest BCUT2D eigenvalue weighted by Gasteiger charge is 2.51. The van der Waals surface area contributed by atoms with Crippen molar-refractivity contribution in [1.82, 2.24) is 5.32 Å². The van der Waals surface area contributed by atoms with Crippen LogP contribution in [0.1, 0.15) is 181 Å². The number of nitrogens with one attached hydrogen (secondary N) is 1. The summed E-state index contributed by atoms with van der Waals surface area (Å²) in [7, 11) is 0. The molecule has 12 unspecified atom stereocenters. The molecule has 12 atom stereocenters. The van der Waals surface area contributed by atoms with Gasteiger partial charge in [-0.15, -0.1) is 0 Å². The van der Waals surface area contributed by atoms with Crippen molar-refractivity contribution < 1.29 is 64.6 Å². The smallest absolute Gasteiger partial charge is 0.220 e. The maximum absolute atomic E-state index is 13.2. The largest absolute Gasteiger partial charge is 0.394 e. The minimum absolute atomic E-state index is 0.257. The maximum atomic E-state index is 13.2. The van der Waals surface area contributed by atoms with Crippen LogP contribution in [0.25, 0.3) is 0 Å². The molecule has 1 amide bonds. The summed E-state index contributed by atoms with van der Waals surface area (Å²) in [5.41, 5.74) is 0. The van der Waals surface area contributed by atoms with Gasteiger partial charge in [-0.05, 0) is 83.5 Å². The Bertz CT molecular complexity index is 1690. The predicted octanol–water partition coefficient (Wildman–Crippen LogP) is 9.66. The Kier molecular flexibility index (Phi) is 42.1. The van der Waals surface area contributed by atoms with Crippen molar-refractivity contribution in [3.8, 4) is 0 Å². The number of ether oxygens (including phenoxy) is 4. The molecule has 0 aromatic carbocycles. The first kappa shape index (κ1) is 68.8. The summed E-state index contributed by atoms with van der Waals surface area (Å²) in [6, 6.07) is -0.924. The van der Waals surface area contributed by atoms with Gasteiger partial charge in [0.25, 0.3) is 0 Å². The quantitative estimate of drug-likeness (QED) is 0.0205. The van der Waals surface area contributed by atoms with E-state index < -0.39 is 86.8 Å². The van der Waals surface area contributed by atoms with Gasteiger partial charge in [-0.25, -0.2) is 0 Å². The van der Waals surface area contributed by atoms with Crippen LogP contribution in [0.5, 0.6) is 0 Å². The fourth-order valence-electron chi connectivity index (χ4n) is 8.78. The van der Waals surface area contributed by atoms with Crippen LogP contribution in [0.4, 0.5) is 0 Å². The number of hydrogen-bond acceptors (Lipinski definition) is 13. The number of amides is 1. The normalized spacial score (nSPS) is 25.7. The van der Waals surface area contributed by atoms with Crippen molar-refractivity contribution >= 4 is 5.91 Å². The van der Waals surface area contributed by atoms with Crippen molar-refractivity contribution in [2.45, 2.75) is 254 Å². The van der Waals surface area contributed by atoms with E-state index >= 15 is 0 Å². The van der Waals surface area contributed by atoms with Gasteiger partial charge < -0.3 is 65.1 Å². The van der Waals surface area contributed by atoms with Gasteiger partial charge in [0.1, 0.15) is 48.8 Å². The maximum Gasteiger partial charge on any atom is 0.220 e. The molecule has 2 aliphatic rings. The lowest BCUT2D eigenvalue weighted by atomic mass is 9.97. The number of carbonyl (C=O) groups is 1. The Hall–Kier alpha value is -3.35. The van der Waals surface area contributed by atoms with Crippen LogP contribution in [0, 0.1) is 0 Å². The van der Waals surface area contributed by atoms with E-state index in [2.05, 4.69) is 116 Å². The molecular weight excluding hydrogens is 967 g/mol. The molecule has 9 N–H and O–H groups in total. The third kappa shape index (κ3) is 31.9. The van der Waals surface area contributed by atoms with Crippen LogP contribution in [0.15, 0.2) is 109 Å². The van der Waals surface area contributed by atoms with E-state index in [0.29, 0.717) is 6.42 Å². The summed E-state index contributed by atoms with van der Waals surface area (Å²) in [6.07, 6.45) is 48.6. The Labute approximate surface area is 457 Å². The second-order valence-electron chi connectivity index (χ2n) is 20.0. The third-order valence-electron chi connectivity index (χ3n) is 13.5. The van der Waals surface area contributed by atoms with E-state index in [9.17, 15) is 45.6 Å². The average Bonchev–Trinajstić information content (AvgIpc) is 3.42. The fourth-order valence-corrected chi connectivity index (χ4v) is 8.78. The predicted molar refractivity (Wildman–Crippen MR) is 304 cm³/mol. The zero-order valence-electron chi connectivity index (χ0n) is 46.4. The topological polar surface area (TPSA) is 228 Å². The number of unbranched alkanes of at least 4 members (excludes halogenated alkanes) is 15. The van der Waals surface area contributed by atoms with E-state index in [4.69, 9.17) is 18.9 Å². The number of aliphatic hydroxyl groups excluding tert-OH is 8. The number of aliphatic hydroxyl groups is 8. The molecule has 0 aromatic heterocycles. The first-order valence-electron chi connectivity index (χ1n) is 29.1.